The SMILES string of the molecule is COc1ccc(-c2csc(N3CCNCC3)n2)cc1. The molecule has 0 atom stereocenters. The highest BCUT2D eigenvalue weighted by Crippen LogP contribution is 2.28. The second-order valence-corrected chi connectivity index (χ2v) is 5.32. The van der Waals surface area contributed by atoms with Gasteiger partial charge >= 0.3 is 0 Å². The van der Waals surface area contributed by atoms with Crippen LogP contribution >= 0.6 is 11.3 Å². The van der Waals surface area contributed by atoms with Crippen LogP contribution in [0.1, 0.15) is 0 Å². The van der Waals surface area contributed by atoms with Crippen LogP contribution in [0.4, 0.5) is 5.13 Å². The first-order valence-corrected chi connectivity index (χ1v) is 7.30. The Hall–Kier alpha value is -1.59. The summed E-state index contributed by atoms with van der Waals surface area (Å²) in [7, 11) is 1.68. The van der Waals surface area contributed by atoms with Crippen LogP contribution in [0.5, 0.6) is 5.75 Å². The average molecular weight is 275 g/mol. The van der Waals surface area contributed by atoms with Gasteiger partial charge in [0.2, 0.25) is 0 Å². The van der Waals surface area contributed by atoms with E-state index in [1.54, 1.807) is 18.4 Å². The normalized spacial score (nSPS) is 15.5. The standard InChI is InChI=1S/C14H17N3OS/c1-18-12-4-2-11(3-5-12)13-10-19-14(16-13)17-8-6-15-7-9-17/h2-5,10,15H,6-9H2,1H3. The van der Waals surface area contributed by atoms with Gasteiger partial charge in [0.25, 0.3) is 0 Å². The van der Waals surface area contributed by atoms with Gasteiger partial charge in [0.05, 0.1) is 12.8 Å². The summed E-state index contributed by atoms with van der Waals surface area (Å²) < 4.78 is 5.17. The molecular formula is C14H17N3OS. The van der Waals surface area contributed by atoms with Gasteiger partial charge in [-0.05, 0) is 24.3 Å². The predicted molar refractivity (Wildman–Crippen MR) is 79.2 cm³/mol. The number of nitrogens with zero attached hydrogens (tertiary/aromatic N) is 2. The molecule has 1 aromatic heterocycles. The molecular weight excluding hydrogens is 258 g/mol. The minimum absolute atomic E-state index is 0.876. The third-order valence-electron chi connectivity index (χ3n) is 3.27. The highest BCUT2D eigenvalue weighted by atomic mass is 32.1. The van der Waals surface area contributed by atoms with E-state index in [0.29, 0.717) is 0 Å². The van der Waals surface area contributed by atoms with Crippen molar-refractivity contribution in [3.05, 3.63) is 29.6 Å². The molecule has 1 saturated heterocycles. The second kappa shape index (κ2) is 5.59. The van der Waals surface area contributed by atoms with E-state index in [1.165, 1.54) is 0 Å². The van der Waals surface area contributed by atoms with Crippen molar-refractivity contribution < 1.29 is 4.74 Å². The van der Waals surface area contributed by atoms with E-state index in [1.807, 2.05) is 12.1 Å². The Labute approximate surface area is 117 Å². The predicted octanol–water partition coefficient (Wildman–Crippen LogP) is 2.23. The smallest absolute Gasteiger partial charge is 0.185 e. The second-order valence-electron chi connectivity index (χ2n) is 4.48. The van der Waals surface area contributed by atoms with Crippen molar-refractivity contribution in [3.8, 4) is 17.0 Å². The van der Waals surface area contributed by atoms with Gasteiger partial charge in [-0.15, -0.1) is 11.3 Å². The number of hydrogen-bond donors (Lipinski definition) is 1. The molecule has 1 aliphatic heterocycles. The van der Waals surface area contributed by atoms with Crippen LogP contribution in [0.25, 0.3) is 11.3 Å². The van der Waals surface area contributed by atoms with Gasteiger partial charge in [-0.3, -0.25) is 0 Å². The molecule has 0 amide bonds. The quantitative estimate of drug-likeness (QED) is 0.932. The molecule has 2 aromatic rings. The van der Waals surface area contributed by atoms with Crippen LogP contribution in [0.15, 0.2) is 29.6 Å². The maximum Gasteiger partial charge on any atom is 0.185 e. The van der Waals surface area contributed by atoms with Crippen molar-refractivity contribution >= 4 is 16.5 Å². The zero-order chi connectivity index (χ0) is 13.1. The maximum absolute atomic E-state index is 5.17. The Morgan fingerprint density at radius 1 is 1.21 bits per heavy atom. The number of methoxy groups -OCH3 is 1. The lowest BCUT2D eigenvalue weighted by Crippen LogP contribution is -2.43. The van der Waals surface area contributed by atoms with E-state index >= 15 is 0 Å². The van der Waals surface area contributed by atoms with Crippen LogP contribution in [0.3, 0.4) is 0 Å². The lowest BCUT2D eigenvalue weighted by atomic mass is 10.2. The summed E-state index contributed by atoms with van der Waals surface area (Å²) in [4.78, 5) is 7.08. The lowest BCUT2D eigenvalue weighted by Gasteiger charge is -2.26. The number of piperazine rings is 1. The number of hydrogen-bond acceptors (Lipinski definition) is 5. The van der Waals surface area contributed by atoms with Crippen LogP contribution in [0, 0.1) is 0 Å². The molecule has 100 valence electrons. The largest absolute Gasteiger partial charge is 0.497 e. The van der Waals surface area contributed by atoms with E-state index in [-0.39, 0.29) is 0 Å². The zero-order valence-electron chi connectivity index (χ0n) is 10.9. The summed E-state index contributed by atoms with van der Waals surface area (Å²) >= 11 is 1.72. The third kappa shape index (κ3) is 2.72. The molecule has 0 unspecified atom stereocenters. The Balaban J connectivity index is 1.79. The minimum Gasteiger partial charge on any atom is -0.497 e. The van der Waals surface area contributed by atoms with Crippen molar-refractivity contribution in [2.45, 2.75) is 0 Å². The first-order valence-electron chi connectivity index (χ1n) is 6.42. The Morgan fingerprint density at radius 2 is 1.95 bits per heavy atom. The van der Waals surface area contributed by atoms with Gasteiger partial charge in [-0.1, -0.05) is 0 Å². The topological polar surface area (TPSA) is 37.4 Å². The van der Waals surface area contributed by atoms with Crippen molar-refractivity contribution in [1.82, 2.24) is 10.3 Å². The Morgan fingerprint density at radius 3 is 2.63 bits per heavy atom. The van der Waals surface area contributed by atoms with Gasteiger partial charge in [-0.2, -0.15) is 0 Å². The van der Waals surface area contributed by atoms with Crippen molar-refractivity contribution in [2.24, 2.45) is 0 Å². The molecule has 0 spiro atoms. The monoisotopic (exact) mass is 275 g/mol. The van der Waals surface area contributed by atoms with Gasteiger partial charge < -0.3 is 15.0 Å². The molecule has 1 aliphatic rings. The van der Waals surface area contributed by atoms with E-state index in [9.17, 15) is 0 Å². The fraction of sp³-hybridized carbons (Fsp3) is 0.357. The maximum atomic E-state index is 5.17. The molecule has 3 rings (SSSR count). The summed E-state index contributed by atoms with van der Waals surface area (Å²) in [6.07, 6.45) is 0. The number of aromatic nitrogens is 1. The van der Waals surface area contributed by atoms with E-state index < -0.39 is 0 Å². The van der Waals surface area contributed by atoms with Crippen LogP contribution in [0.2, 0.25) is 0 Å². The highest BCUT2D eigenvalue weighted by molar-refractivity contribution is 7.14. The molecule has 0 aliphatic carbocycles. The number of thiazole rings is 1. The number of ether oxygens (including phenoxy) is 1. The molecule has 1 N–H and O–H groups in total. The summed E-state index contributed by atoms with van der Waals surface area (Å²) in [5.74, 6) is 0.876. The fourth-order valence-corrected chi connectivity index (χ4v) is 3.05. The van der Waals surface area contributed by atoms with Gasteiger partial charge in [0.15, 0.2) is 5.13 Å². The Kier molecular flexibility index (Phi) is 3.66. The van der Waals surface area contributed by atoms with Gasteiger partial charge in [0, 0.05) is 37.1 Å². The van der Waals surface area contributed by atoms with Crippen molar-refractivity contribution in [1.29, 1.82) is 0 Å². The number of nitrogens with one attached hydrogen (secondary N) is 1. The van der Waals surface area contributed by atoms with Crippen LogP contribution in [-0.2, 0) is 0 Å². The summed E-state index contributed by atoms with van der Waals surface area (Å²) in [6.45, 7) is 4.15. The van der Waals surface area contributed by atoms with E-state index in [2.05, 4.69) is 27.7 Å². The molecule has 0 radical (unpaired) electrons. The Bertz CT molecular complexity index is 532. The summed E-state index contributed by atoms with van der Waals surface area (Å²) in [6, 6.07) is 8.04. The molecule has 0 saturated carbocycles. The lowest BCUT2D eigenvalue weighted by molar-refractivity contribution is 0.415. The number of anilines is 1. The first kappa shape index (κ1) is 12.4. The molecule has 1 aromatic carbocycles. The summed E-state index contributed by atoms with van der Waals surface area (Å²) in [5, 5.41) is 6.60. The fourth-order valence-electron chi connectivity index (χ4n) is 2.16. The number of rotatable bonds is 3. The summed E-state index contributed by atoms with van der Waals surface area (Å²) in [5.41, 5.74) is 2.18. The zero-order valence-corrected chi connectivity index (χ0v) is 11.7. The van der Waals surface area contributed by atoms with Gasteiger partial charge in [-0.25, -0.2) is 4.98 Å². The van der Waals surface area contributed by atoms with E-state index in [0.717, 1.165) is 48.3 Å². The first-order chi connectivity index (χ1) is 9.36. The third-order valence-corrected chi connectivity index (χ3v) is 4.17. The van der Waals surface area contributed by atoms with E-state index in [4.69, 9.17) is 9.72 Å². The van der Waals surface area contributed by atoms with Crippen LogP contribution in [-0.4, -0.2) is 38.3 Å². The highest BCUT2D eigenvalue weighted by Gasteiger charge is 2.14. The molecule has 2 heterocycles. The molecule has 4 nitrogen and oxygen atoms in total. The minimum atomic E-state index is 0.876. The number of benzene rings is 1. The van der Waals surface area contributed by atoms with Crippen LogP contribution < -0.4 is 15.0 Å². The van der Waals surface area contributed by atoms with Crippen molar-refractivity contribution in [2.75, 3.05) is 38.2 Å². The molecule has 19 heavy (non-hydrogen) atoms. The molecule has 5 heteroatoms. The van der Waals surface area contributed by atoms with Crippen molar-refractivity contribution in [3.63, 3.8) is 0 Å². The molecule has 0 bridgehead atoms. The van der Waals surface area contributed by atoms with Gasteiger partial charge in [0.1, 0.15) is 5.75 Å². The molecule has 1 fully saturated rings. The average Bonchev–Trinajstić information content (AvgIpc) is 2.98.